The second kappa shape index (κ2) is 11.3. The van der Waals surface area contributed by atoms with Crippen molar-refractivity contribution in [2.24, 2.45) is 0 Å². The molecule has 0 fully saturated rings. The Hall–Kier alpha value is -4.73. The minimum Gasteiger partial charge on any atom is -0.496 e. The van der Waals surface area contributed by atoms with Crippen molar-refractivity contribution in [2.45, 2.75) is 23.5 Å². The molecule has 0 atom stereocenters. The predicted octanol–water partition coefficient (Wildman–Crippen LogP) is 2.72. The van der Waals surface area contributed by atoms with Gasteiger partial charge in [-0.25, -0.2) is 35.3 Å². The number of aliphatic carboxylic acids is 1. The number of pyridine rings is 1. The first kappa shape index (κ1) is 28.8. The summed E-state index contributed by atoms with van der Waals surface area (Å²) in [5, 5.41) is 8.08. The molecule has 15 heteroatoms. The number of carboxylic acid groups (broad SMARTS) is 1. The molecule has 0 amide bonds. The molecule has 2 aromatic carbocycles. The molecule has 0 aliphatic carbocycles. The number of carbonyl (C=O) groups is 1. The second-order valence-corrected chi connectivity index (χ2v) is 12.4. The van der Waals surface area contributed by atoms with Gasteiger partial charge in [-0.1, -0.05) is 0 Å². The molecule has 0 spiro atoms. The summed E-state index contributed by atoms with van der Waals surface area (Å²) in [4.78, 5) is 19.0. The number of carboxylic acids is 1. The fourth-order valence-corrected chi connectivity index (χ4v) is 7.17. The highest BCUT2D eigenvalue weighted by Crippen LogP contribution is 2.29. The molecule has 0 aliphatic rings. The van der Waals surface area contributed by atoms with Crippen LogP contribution in [-0.2, 0) is 31.4 Å². The molecule has 2 N–H and O–H groups in total. The summed E-state index contributed by atoms with van der Waals surface area (Å²) in [7, 11) is -7.58. The number of rotatable bonds is 11. The van der Waals surface area contributed by atoms with E-state index in [4.69, 9.17) is 14.6 Å². The lowest BCUT2D eigenvalue weighted by atomic mass is 10.2. The number of hydrogen-bond acceptors (Lipinski definition) is 9. The van der Waals surface area contributed by atoms with Gasteiger partial charge < -0.3 is 19.1 Å². The van der Waals surface area contributed by atoms with Crippen LogP contribution in [0.4, 0.5) is 0 Å². The van der Waals surface area contributed by atoms with E-state index in [-0.39, 0.29) is 28.2 Å². The van der Waals surface area contributed by atoms with Crippen LogP contribution in [-0.4, -0.2) is 60.1 Å². The maximum Gasteiger partial charge on any atom is 0.341 e. The van der Waals surface area contributed by atoms with Crippen molar-refractivity contribution < 1.29 is 36.2 Å². The predicted molar refractivity (Wildman–Crippen MR) is 151 cm³/mol. The molecular weight excluding hydrogens is 586 g/mol. The number of fused-ring (bicyclic) bond motifs is 1. The van der Waals surface area contributed by atoms with Crippen LogP contribution in [0.1, 0.15) is 11.3 Å². The smallest absolute Gasteiger partial charge is 0.341 e. The number of aromatic nitrogens is 4. The SMILES string of the molecule is COc1ccnc(CNS(=O)(=O)c2nc3cc(-n4cccc4)ccc3n2S(=O)(=O)c2ccc(OCC(=O)O)cc2)c1C. The van der Waals surface area contributed by atoms with E-state index in [9.17, 15) is 21.6 Å². The summed E-state index contributed by atoms with van der Waals surface area (Å²) in [6, 6.07) is 14.9. The number of methoxy groups -OCH3 is 1. The Morgan fingerprint density at radius 2 is 1.74 bits per heavy atom. The quantitative estimate of drug-likeness (QED) is 0.226. The first-order valence-electron chi connectivity index (χ1n) is 12.4. The van der Waals surface area contributed by atoms with Crippen LogP contribution < -0.4 is 14.2 Å². The van der Waals surface area contributed by atoms with Crippen molar-refractivity contribution >= 4 is 37.0 Å². The molecular formula is C27H25N5O8S2. The molecule has 0 bridgehead atoms. The number of sulfonamides is 1. The molecule has 3 aromatic heterocycles. The maximum atomic E-state index is 13.9. The lowest BCUT2D eigenvalue weighted by Crippen LogP contribution is -2.29. The number of nitrogens with one attached hydrogen (secondary N) is 1. The summed E-state index contributed by atoms with van der Waals surface area (Å²) in [5.41, 5.74) is 1.80. The van der Waals surface area contributed by atoms with Gasteiger partial charge in [0.2, 0.25) is 0 Å². The van der Waals surface area contributed by atoms with E-state index in [1.807, 2.05) is 12.1 Å². The van der Waals surface area contributed by atoms with Gasteiger partial charge in [-0.05, 0) is 67.6 Å². The van der Waals surface area contributed by atoms with Gasteiger partial charge >= 0.3 is 5.97 Å². The van der Waals surface area contributed by atoms with Crippen LogP contribution in [0.15, 0.2) is 89.3 Å². The van der Waals surface area contributed by atoms with Gasteiger partial charge in [0.05, 0.1) is 35.3 Å². The third kappa shape index (κ3) is 5.57. The lowest BCUT2D eigenvalue weighted by molar-refractivity contribution is -0.139. The topological polar surface area (TPSA) is 172 Å². The summed E-state index contributed by atoms with van der Waals surface area (Å²) in [5.74, 6) is -0.557. The Labute approximate surface area is 241 Å². The monoisotopic (exact) mass is 611 g/mol. The fourth-order valence-electron chi connectivity index (χ4n) is 4.24. The van der Waals surface area contributed by atoms with Crippen molar-refractivity contribution in [3.05, 3.63) is 90.5 Å². The minimum atomic E-state index is -4.53. The van der Waals surface area contributed by atoms with Crippen LogP contribution in [0, 0.1) is 6.92 Å². The molecule has 0 unspecified atom stereocenters. The van der Waals surface area contributed by atoms with Gasteiger partial charge in [0.15, 0.2) is 6.61 Å². The normalized spacial score (nSPS) is 12.0. The zero-order valence-electron chi connectivity index (χ0n) is 22.3. The van der Waals surface area contributed by atoms with Gasteiger partial charge in [-0.3, -0.25) is 4.98 Å². The van der Waals surface area contributed by atoms with Crippen LogP contribution in [0.3, 0.4) is 0 Å². The summed E-state index contributed by atoms with van der Waals surface area (Å²) < 4.78 is 70.4. The molecule has 0 saturated carbocycles. The Kier molecular flexibility index (Phi) is 7.73. The Morgan fingerprint density at radius 3 is 2.40 bits per heavy atom. The summed E-state index contributed by atoms with van der Waals surface area (Å²) in [6.45, 7) is 0.859. The highest BCUT2D eigenvalue weighted by Gasteiger charge is 2.32. The van der Waals surface area contributed by atoms with Crippen LogP contribution in [0.2, 0.25) is 0 Å². The number of ether oxygens (including phenoxy) is 2. The van der Waals surface area contributed by atoms with Crippen LogP contribution >= 0.6 is 0 Å². The van der Waals surface area contributed by atoms with Crippen molar-refractivity contribution in [2.75, 3.05) is 13.7 Å². The summed E-state index contributed by atoms with van der Waals surface area (Å²) >= 11 is 0. The molecule has 0 aliphatic heterocycles. The summed E-state index contributed by atoms with van der Waals surface area (Å²) in [6.07, 6.45) is 5.04. The van der Waals surface area contributed by atoms with E-state index < -0.39 is 37.8 Å². The van der Waals surface area contributed by atoms with E-state index in [1.54, 1.807) is 42.1 Å². The van der Waals surface area contributed by atoms with Crippen molar-refractivity contribution in [3.63, 3.8) is 0 Å². The number of imidazole rings is 1. The highest BCUT2D eigenvalue weighted by molar-refractivity contribution is 7.92. The van der Waals surface area contributed by atoms with Crippen molar-refractivity contribution in [3.8, 4) is 17.2 Å². The third-order valence-electron chi connectivity index (χ3n) is 6.34. The van der Waals surface area contributed by atoms with Crippen LogP contribution in [0.25, 0.3) is 16.7 Å². The molecule has 5 rings (SSSR count). The van der Waals surface area contributed by atoms with Gasteiger partial charge in [-0.15, -0.1) is 0 Å². The molecule has 13 nitrogen and oxygen atoms in total. The molecule has 3 heterocycles. The standard InChI is InChI=1S/C27H25N5O8S2/c1-18-23(28-12-11-25(18)39-2)16-29-41(35,36)27-30-22-15-19(31-13-3-4-14-31)5-10-24(22)32(27)42(37,38)21-8-6-20(7-9-21)40-17-26(33)34/h3-15,29H,16-17H2,1-2H3,(H,33,34). The Bertz CT molecular complexity index is 1990. The van der Waals surface area contributed by atoms with Crippen molar-refractivity contribution in [1.29, 1.82) is 0 Å². The number of hydrogen-bond donors (Lipinski definition) is 2. The molecule has 42 heavy (non-hydrogen) atoms. The Balaban J connectivity index is 1.60. The number of benzene rings is 2. The second-order valence-electron chi connectivity index (χ2n) is 8.99. The lowest BCUT2D eigenvalue weighted by Gasteiger charge is -2.13. The van der Waals surface area contributed by atoms with Gasteiger partial charge in [-0.2, -0.15) is 0 Å². The van der Waals surface area contributed by atoms with E-state index in [1.165, 1.54) is 43.6 Å². The van der Waals surface area contributed by atoms with Gasteiger partial charge in [0.25, 0.3) is 25.2 Å². The zero-order chi connectivity index (χ0) is 30.1. The Morgan fingerprint density at radius 1 is 1.02 bits per heavy atom. The van der Waals surface area contributed by atoms with E-state index in [0.29, 0.717) is 26.7 Å². The van der Waals surface area contributed by atoms with Crippen LogP contribution in [0.5, 0.6) is 11.5 Å². The number of nitrogens with zero attached hydrogens (tertiary/aromatic N) is 4. The third-order valence-corrected chi connectivity index (χ3v) is 9.46. The average molecular weight is 612 g/mol. The first-order chi connectivity index (χ1) is 20.0. The molecule has 0 saturated heterocycles. The van der Waals surface area contributed by atoms with E-state index in [2.05, 4.69) is 14.7 Å². The molecule has 5 aromatic rings. The van der Waals surface area contributed by atoms with E-state index in [0.717, 1.165) is 0 Å². The fraction of sp³-hybridized carbons (Fsp3) is 0.148. The van der Waals surface area contributed by atoms with Gasteiger partial charge in [0, 0.05) is 29.8 Å². The zero-order valence-corrected chi connectivity index (χ0v) is 24.0. The molecule has 218 valence electrons. The first-order valence-corrected chi connectivity index (χ1v) is 15.3. The largest absolute Gasteiger partial charge is 0.496 e. The highest BCUT2D eigenvalue weighted by atomic mass is 32.2. The average Bonchev–Trinajstić information content (AvgIpc) is 3.65. The minimum absolute atomic E-state index is 0.0353. The molecule has 0 radical (unpaired) electrons. The van der Waals surface area contributed by atoms with Crippen molar-refractivity contribution in [1.82, 2.24) is 23.2 Å². The van der Waals surface area contributed by atoms with E-state index >= 15 is 0 Å². The maximum absolute atomic E-state index is 13.9. The van der Waals surface area contributed by atoms with Gasteiger partial charge in [0.1, 0.15) is 11.5 Å².